The fourth-order valence-corrected chi connectivity index (χ4v) is 1.81. The van der Waals surface area contributed by atoms with Gasteiger partial charge in [-0.1, -0.05) is 30.3 Å². The van der Waals surface area contributed by atoms with Crippen molar-refractivity contribution in [3.63, 3.8) is 0 Å². The second-order valence-corrected chi connectivity index (χ2v) is 4.79. The Balaban J connectivity index is 2.17. The first-order chi connectivity index (χ1) is 6.11. The average molecular weight is 215 g/mol. The number of hydrogen-bond acceptors (Lipinski definition) is 1. The summed E-state index contributed by atoms with van der Waals surface area (Å²) in [7, 11) is 0. The van der Waals surface area contributed by atoms with Crippen LogP contribution in [-0.4, -0.2) is 10.1 Å². The third-order valence-corrected chi connectivity index (χ3v) is 3.04. The van der Waals surface area contributed by atoms with Crippen molar-refractivity contribution in [3.05, 3.63) is 35.9 Å². The average Bonchev–Trinajstić information content (AvgIpc) is 2.76. The maximum absolute atomic E-state index is 11.7. The van der Waals surface area contributed by atoms with E-state index >= 15 is 0 Å². The van der Waals surface area contributed by atoms with Crippen molar-refractivity contribution in [1.29, 1.82) is 0 Å². The Morgan fingerprint density at radius 2 is 1.85 bits per heavy atom. The van der Waals surface area contributed by atoms with E-state index in [1.165, 1.54) is 0 Å². The van der Waals surface area contributed by atoms with Gasteiger partial charge in [0, 0.05) is 5.56 Å². The third-order valence-electron chi connectivity index (χ3n) is 2.20. The molecule has 0 amide bonds. The van der Waals surface area contributed by atoms with Crippen molar-refractivity contribution >= 4 is 29.0 Å². The normalized spacial score (nSPS) is 24.0. The first kappa shape index (κ1) is 9.04. The van der Waals surface area contributed by atoms with Crippen LogP contribution in [0.4, 0.5) is 0 Å². The topological polar surface area (TPSA) is 17.1 Å². The van der Waals surface area contributed by atoms with Gasteiger partial charge in [-0.25, -0.2) is 0 Å². The molecule has 68 valence electrons. The molecule has 1 aromatic rings. The number of hydrogen-bond donors (Lipinski definition) is 0. The van der Waals surface area contributed by atoms with E-state index in [1.807, 2.05) is 18.2 Å². The first-order valence-corrected chi connectivity index (χ1v) is 4.84. The van der Waals surface area contributed by atoms with Crippen molar-refractivity contribution in [1.82, 2.24) is 0 Å². The summed E-state index contributed by atoms with van der Waals surface area (Å²) >= 11 is 11.6. The van der Waals surface area contributed by atoms with Crippen molar-refractivity contribution in [3.8, 4) is 0 Å². The Morgan fingerprint density at radius 3 is 2.31 bits per heavy atom. The molecule has 1 aromatic carbocycles. The lowest BCUT2D eigenvalue weighted by molar-refractivity contribution is 0.0967. The number of benzene rings is 1. The largest absolute Gasteiger partial charge is 0.294 e. The van der Waals surface area contributed by atoms with Gasteiger partial charge in [0.05, 0.1) is 5.92 Å². The molecule has 0 N–H and O–H groups in total. The second kappa shape index (κ2) is 3.00. The molecular weight excluding hydrogens is 207 g/mol. The van der Waals surface area contributed by atoms with Crippen molar-refractivity contribution in [2.75, 3.05) is 0 Å². The Morgan fingerprint density at radius 1 is 1.31 bits per heavy atom. The van der Waals surface area contributed by atoms with Gasteiger partial charge in [-0.05, 0) is 6.42 Å². The molecule has 0 spiro atoms. The fourth-order valence-electron chi connectivity index (χ4n) is 1.30. The smallest absolute Gasteiger partial charge is 0.169 e. The van der Waals surface area contributed by atoms with Crippen LogP contribution in [0.25, 0.3) is 0 Å². The summed E-state index contributed by atoms with van der Waals surface area (Å²) in [4.78, 5) is 11.7. The quantitative estimate of drug-likeness (QED) is 0.547. The van der Waals surface area contributed by atoms with Crippen LogP contribution in [0.2, 0.25) is 0 Å². The van der Waals surface area contributed by atoms with Crippen LogP contribution < -0.4 is 0 Å². The zero-order chi connectivity index (χ0) is 9.47. The van der Waals surface area contributed by atoms with Crippen LogP contribution in [0.3, 0.4) is 0 Å². The second-order valence-electron chi connectivity index (χ2n) is 3.25. The predicted octanol–water partition coefficient (Wildman–Crippen LogP) is 3.06. The highest BCUT2D eigenvalue weighted by atomic mass is 35.5. The number of Topliss-reactive ketones (excluding diaryl/α,β-unsaturated/α-hetero) is 1. The molecule has 2 rings (SSSR count). The van der Waals surface area contributed by atoms with E-state index in [0.29, 0.717) is 12.0 Å². The molecular formula is C10H8Cl2O. The summed E-state index contributed by atoms with van der Waals surface area (Å²) in [5.41, 5.74) is 0.690. The minimum absolute atomic E-state index is 0.0469. The lowest BCUT2D eigenvalue weighted by atomic mass is 10.1. The Bertz CT molecular complexity index is 332. The van der Waals surface area contributed by atoms with Crippen LogP contribution in [0.15, 0.2) is 30.3 Å². The standard InChI is InChI=1S/C10H8Cl2O/c11-10(12)6-8(10)9(13)7-4-2-1-3-5-7/h1-5,8H,6H2. The molecule has 1 saturated carbocycles. The maximum atomic E-state index is 11.7. The monoisotopic (exact) mass is 214 g/mol. The number of halogens is 2. The summed E-state index contributed by atoms with van der Waals surface area (Å²) in [5.74, 6) is -0.163. The lowest BCUT2D eigenvalue weighted by Gasteiger charge is -1.99. The number of ketones is 1. The highest BCUT2D eigenvalue weighted by molar-refractivity contribution is 6.52. The first-order valence-electron chi connectivity index (χ1n) is 4.08. The van der Waals surface area contributed by atoms with Gasteiger partial charge >= 0.3 is 0 Å². The summed E-state index contributed by atoms with van der Waals surface area (Å²) in [5, 5.41) is 0. The molecule has 1 aliphatic carbocycles. The van der Waals surface area contributed by atoms with Crippen LogP contribution >= 0.6 is 23.2 Å². The van der Waals surface area contributed by atoms with Gasteiger partial charge in [-0.2, -0.15) is 0 Å². The van der Waals surface area contributed by atoms with E-state index in [-0.39, 0.29) is 11.7 Å². The van der Waals surface area contributed by atoms with Crippen LogP contribution in [-0.2, 0) is 0 Å². The SMILES string of the molecule is O=C(c1ccccc1)C1CC1(Cl)Cl. The van der Waals surface area contributed by atoms with E-state index < -0.39 is 4.33 Å². The summed E-state index contributed by atoms with van der Waals surface area (Å²) in [6, 6.07) is 9.10. The van der Waals surface area contributed by atoms with Gasteiger partial charge in [0.2, 0.25) is 0 Å². The molecule has 1 aliphatic rings. The molecule has 0 radical (unpaired) electrons. The molecule has 0 aromatic heterocycles. The Hall–Kier alpha value is -0.530. The minimum Gasteiger partial charge on any atom is -0.294 e. The van der Waals surface area contributed by atoms with Crippen molar-refractivity contribution < 1.29 is 4.79 Å². The maximum Gasteiger partial charge on any atom is 0.169 e. The van der Waals surface area contributed by atoms with Gasteiger partial charge in [0.25, 0.3) is 0 Å². The van der Waals surface area contributed by atoms with E-state index in [4.69, 9.17) is 23.2 Å². The molecule has 1 nitrogen and oxygen atoms in total. The number of rotatable bonds is 2. The predicted molar refractivity (Wildman–Crippen MR) is 53.3 cm³/mol. The molecule has 1 atom stereocenters. The van der Waals surface area contributed by atoms with E-state index in [0.717, 1.165) is 0 Å². The van der Waals surface area contributed by atoms with Crippen molar-refractivity contribution in [2.45, 2.75) is 10.8 Å². The molecule has 0 aliphatic heterocycles. The molecule has 3 heteroatoms. The van der Waals surface area contributed by atoms with Gasteiger partial charge in [-0.15, -0.1) is 23.2 Å². The number of alkyl halides is 2. The van der Waals surface area contributed by atoms with Crippen molar-refractivity contribution in [2.24, 2.45) is 5.92 Å². The number of carbonyl (C=O) groups excluding carboxylic acids is 1. The molecule has 0 heterocycles. The molecule has 1 fully saturated rings. The fraction of sp³-hybridized carbons (Fsp3) is 0.300. The van der Waals surface area contributed by atoms with Gasteiger partial charge in [-0.3, -0.25) is 4.79 Å². The van der Waals surface area contributed by atoms with E-state index in [2.05, 4.69) is 0 Å². The van der Waals surface area contributed by atoms with Crippen LogP contribution in [0.5, 0.6) is 0 Å². The molecule has 0 bridgehead atoms. The number of carbonyl (C=O) groups is 1. The highest BCUT2D eigenvalue weighted by Crippen LogP contribution is 2.54. The molecule has 0 saturated heterocycles. The van der Waals surface area contributed by atoms with Gasteiger partial charge < -0.3 is 0 Å². The zero-order valence-electron chi connectivity index (χ0n) is 6.84. The Kier molecular flexibility index (Phi) is 2.09. The summed E-state index contributed by atoms with van der Waals surface area (Å²) in [6.45, 7) is 0. The Labute approximate surface area is 86.7 Å². The zero-order valence-corrected chi connectivity index (χ0v) is 8.35. The third kappa shape index (κ3) is 1.72. The molecule has 1 unspecified atom stereocenters. The minimum atomic E-state index is -0.813. The lowest BCUT2D eigenvalue weighted by Crippen LogP contribution is -2.06. The van der Waals surface area contributed by atoms with Gasteiger partial charge in [0.1, 0.15) is 4.33 Å². The highest BCUT2D eigenvalue weighted by Gasteiger charge is 2.56. The van der Waals surface area contributed by atoms with E-state index in [9.17, 15) is 4.79 Å². The van der Waals surface area contributed by atoms with Crippen LogP contribution in [0, 0.1) is 5.92 Å². The summed E-state index contributed by atoms with van der Waals surface area (Å²) < 4.78 is -0.813. The molecule has 13 heavy (non-hydrogen) atoms. The van der Waals surface area contributed by atoms with Gasteiger partial charge in [0.15, 0.2) is 5.78 Å². The van der Waals surface area contributed by atoms with E-state index in [1.54, 1.807) is 12.1 Å². The summed E-state index contributed by atoms with van der Waals surface area (Å²) in [6.07, 6.45) is 0.573. The van der Waals surface area contributed by atoms with Crippen LogP contribution in [0.1, 0.15) is 16.8 Å².